The number of ether oxygens (including phenoxy) is 1. The van der Waals surface area contributed by atoms with Crippen LogP contribution in [0.5, 0.6) is 0 Å². The van der Waals surface area contributed by atoms with Gasteiger partial charge in [0.2, 0.25) is 0 Å². The Morgan fingerprint density at radius 3 is 2.50 bits per heavy atom. The van der Waals surface area contributed by atoms with Crippen LogP contribution >= 0.6 is 11.6 Å². The summed E-state index contributed by atoms with van der Waals surface area (Å²) in [6.45, 7) is 3.48. The maximum atomic E-state index is 12.5. The number of rotatable bonds is 6. The number of hydrogen-bond acceptors (Lipinski definition) is 5. The van der Waals surface area contributed by atoms with E-state index in [1.807, 2.05) is 0 Å². The van der Waals surface area contributed by atoms with Gasteiger partial charge in [0.15, 0.2) is 0 Å². The van der Waals surface area contributed by atoms with E-state index in [2.05, 4.69) is 5.32 Å². The van der Waals surface area contributed by atoms with Gasteiger partial charge in [0.25, 0.3) is 11.6 Å². The molecule has 1 atom stereocenters. The molecule has 7 nitrogen and oxygen atoms in total. The smallest absolute Gasteiger partial charge is 0.338 e. The molecule has 1 unspecified atom stereocenters. The molecule has 0 bridgehead atoms. The fourth-order valence-electron chi connectivity index (χ4n) is 2.36. The summed E-state index contributed by atoms with van der Waals surface area (Å²) in [6, 6.07) is 10.0. The summed E-state index contributed by atoms with van der Waals surface area (Å²) in [7, 11) is 0. The van der Waals surface area contributed by atoms with Crippen LogP contribution in [0, 0.1) is 10.1 Å². The van der Waals surface area contributed by atoms with Crippen LogP contribution in [0.3, 0.4) is 0 Å². The van der Waals surface area contributed by atoms with Crippen molar-refractivity contribution >= 4 is 29.2 Å². The van der Waals surface area contributed by atoms with Crippen molar-refractivity contribution in [3.63, 3.8) is 0 Å². The molecule has 0 aliphatic heterocycles. The molecule has 26 heavy (non-hydrogen) atoms. The summed E-state index contributed by atoms with van der Waals surface area (Å²) in [6.07, 6.45) is 0. The maximum Gasteiger partial charge on any atom is 0.338 e. The molecule has 0 aromatic heterocycles. The van der Waals surface area contributed by atoms with Crippen LogP contribution < -0.4 is 5.32 Å². The van der Waals surface area contributed by atoms with Gasteiger partial charge >= 0.3 is 5.97 Å². The van der Waals surface area contributed by atoms with Crippen molar-refractivity contribution in [1.82, 2.24) is 5.32 Å². The summed E-state index contributed by atoms with van der Waals surface area (Å²) in [5.41, 5.74) is 0.266. The molecule has 0 saturated heterocycles. The molecule has 0 radical (unpaired) electrons. The molecule has 0 heterocycles. The number of nitrogens with one attached hydrogen (secondary N) is 1. The van der Waals surface area contributed by atoms with Crippen LogP contribution in [0.2, 0.25) is 5.02 Å². The van der Waals surface area contributed by atoms with E-state index in [4.69, 9.17) is 16.3 Å². The Morgan fingerprint density at radius 1 is 1.23 bits per heavy atom. The number of nitro groups is 1. The molecule has 0 saturated carbocycles. The van der Waals surface area contributed by atoms with E-state index in [-0.39, 0.29) is 23.4 Å². The Labute approximate surface area is 155 Å². The lowest BCUT2D eigenvalue weighted by Crippen LogP contribution is -2.27. The van der Waals surface area contributed by atoms with E-state index >= 15 is 0 Å². The van der Waals surface area contributed by atoms with Crippen LogP contribution in [0.25, 0.3) is 0 Å². The predicted molar refractivity (Wildman–Crippen MR) is 96.4 cm³/mol. The first kappa shape index (κ1) is 19.4. The van der Waals surface area contributed by atoms with Gasteiger partial charge in [0, 0.05) is 22.7 Å². The van der Waals surface area contributed by atoms with Crippen molar-refractivity contribution in [2.75, 3.05) is 6.61 Å². The fraction of sp³-hybridized carbons (Fsp3) is 0.222. The second-order valence-corrected chi connectivity index (χ2v) is 5.87. The first-order valence-electron chi connectivity index (χ1n) is 7.85. The number of carbonyl (C=O) groups excluding carboxylic acids is 2. The topological polar surface area (TPSA) is 98.5 Å². The van der Waals surface area contributed by atoms with E-state index < -0.39 is 22.8 Å². The van der Waals surface area contributed by atoms with Gasteiger partial charge in [-0.3, -0.25) is 14.9 Å². The highest BCUT2D eigenvalue weighted by atomic mass is 35.5. The Kier molecular flexibility index (Phi) is 6.30. The lowest BCUT2D eigenvalue weighted by atomic mass is 10.1. The number of nitro benzene ring substituents is 1. The first-order valence-corrected chi connectivity index (χ1v) is 8.23. The predicted octanol–water partition coefficient (Wildman–Crippen LogP) is 3.92. The van der Waals surface area contributed by atoms with Crippen molar-refractivity contribution < 1.29 is 19.2 Å². The second kappa shape index (κ2) is 8.44. The average Bonchev–Trinajstić information content (AvgIpc) is 2.61. The van der Waals surface area contributed by atoms with Crippen LogP contribution in [0.4, 0.5) is 5.69 Å². The summed E-state index contributed by atoms with van der Waals surface area (Å²) < 4.78 is 4.85. The highest BCUT2D eigenvalue weighted by molar-refractivity contribution is 6.31. The van der Waals surface area contributed by atoms with Gasteiger partial charge in [-0.05, 0) is 31.5 Å². The standard InChI is InChI=1S/C18H17ClN2O5/c1-3-26-18(23)13-8-12(9-14(10-13)21(24)25)17(22)20-11(2)15-6-4-5-7-16(15)19/h4-11H,3H2,1-2H3,(H,20,22). The highest BCUT2D eigenvalue weighted by Crippen LogP contribution is 2.23. The Hall–Kier alpha value is -2.93. The fourth-order valence-corrected chi connectivity index (χ4v) is 2.66. The molecule has 8 heteroatoms. The van der Waals surface area contributed by atoms with Crippen LogP contribution in [-0.4, -0.2) is 23.4 Å². The molecule has 0 fully saturated rings. The van der Waals surface area contributed by atoms with Gasteiger partial charge in [-0.1, -0.05) is 29.8 Å². The number of hydrogen-bond donors (Lipinski definition) is 1. The average molecular weight is 377 g/mol. The van der Waals surface area contributed by atoms with Crippen LogP contribution in [0.15, 0.2) is 42.5 Å². The number of nitrogens with zero attached hydrogens (tertiary/aromatic N) is 1. The molecule has 1 N–H and O–H groups in total. The summed E-state index contributed by atoms with van der Waals surface area (Å²) in [5, 5.41) is 14.3. The van der Waals surface area contributed by atoms with E-state index in [0.717, 1.165) is 12.1 Å². The monoisotopic (exact) mass is 376 g/mol. The van der Waals surface area contributed by atoms with Crippen molar-refractivity contribution in [3.8, 4) is 0 Å². The minimum atomic E-state index is -0.732. The third-order valence-electron chi connectivity index (χ3n) is 3.62. The SMILES string of the molecule is CCOC(=O)c1cc(C(=O)NC(C)c2ccccc2Cl)cc([N+](=O)[O-])c1. The number of amides is 1. The van der Waals surface area contributed by atoms with Crippen molar-refractivity contribution in [2.24, 2.45) is 0 Å². The number of carbonyl (C=O) groups is 2. The van der Waals surface area contributed by atoms with Gasteiger partial charge < -0.3 is 10.1 Å². The molecular weight excluding hydrogens is 360 g/mol. The zero-order chi connectivity index (χ0) is 19.3. The lowest BCUT2D eigenvalue weighted by molar-refractivity contribution is -0.384. The zero-order valence-electron chi connectivity index (χ0n) is 14.2. The van der Waals surface area contributed by atoms with E-state index in [1.54, 1.807) is 38.1 Å². The van der Waals surface area contributed by atoms with Gasteiger partial charge in [0.1, 0.15) is 0 Å². The van der Waals surface area contributed by atoms with Gasteiger partial charge in [-0.25, -0.2) is 4.79 Å². The lowest BCUT2D eigenvalue weighted by Gasteiger charge is -2.16. The minimum absolute atomic E-state index is 0.0128. The van der Waals surface area contributed by atoms with Crippen molar-refractivity contribution in [1.29, 1.82) is 0 Å². The summed E-state index contributed by atoms with van der Waals surface area (Å²) in [4.78, 5) is 34.8. The molecule has 1 amide bonds. The normalized spacial score (nSPS) is 11.5. The van der Waals surface area contributed by atoms with E-state index in [9.17, 15) is 19.7 Å². The number of benzene rings is 2. The third-order valence-corrected chi connectivity index (χ3v) is 3.97. The molecule has 2 rings (SSSR count). The van der Waals surface area contributed by atoms with Crippen molar-refractivity contribution in [3.05, 3.63) is 74.3 Å². The van der Waals surface area contributed by atoms with Crippen molar-refractivity contribution in [2.45, 2.75) is 19.9 Å². The third kappa shape index (κ3) is 4.58. The molecular formula is C18H17ClN2O5. The van der Waals surface area contributed by atoms with Gasteiger partial charge in [0.05, 0.1) is 23.1 Å². The molecule has 2 aromatic carbocycles. The van der Waals surface area contributed by atoms with Gasteiger partial charge in [-0.2, -0.15) is 0 Å². The van der Waals surface area contributed by atoms with Gasteiger partial charge in [-0.15, -0.1) is 0 Å². The Morgan fingerprint density at radius 2 is 1.88 bits per heavy atom. The highest BCUT2D eigenvalue weighted by Gasteiger charge is 2.20. The zero-order valence-corrected chi connectivity index (χ0v) is 14.9. The molecule has 0 aliphatic rings. The first-order chi connectivity index (χ1) is 12.3. The van der Waals surface area contributed by atoms with E-state index in [0.29, 0.717) is 10.6 Å². The van der Waals surface area contributed by atoms with Crippen LogP contribution in [-0.2, 0) is 4.74 Å². The summed E-state index contributed by atoms with van der Waals surface area (Å²) in [5.74, 6) is -1.30. The Bertz CT molecular complexity index is 853. The van der Waals surface area contributed by atoms with Crippen LogP contribution in [0.1, 0.15) is 46.2 Å². The molecule has 2 aromatic rings. The largest absolute Gasteiger partial charge is 0.462 e. The second-order valence-electron chi connectivity index (χ2n) is 5.46. The number of halogens is 1. The quantitative estimate of drug-likeness (QED) is 0.468. The molecule has 136 valence electrons. The maximum absolute atomic E-state index is 12.5. The van der Waals surface area contributed by atoms with E-state index in [1.165, 1.54) is 6.07 Å². The molecule has 0 spiro atoms. The Balaban J connectivity index is 2.31. The number of esters is 1. The molecule has 0 aliphatic carbocycles. The minimum Gasteiger partial charge on any atom is -0.462 e. The summed E-state index contributed by atoms with van der Waals surface area (Å²) >= 11 is 6.12. The number of non-ortho nitro benzene ring substituents is 1.